The zero-order valence-corrected chi connectivity index (χ0v) is 12.8. The quantitative estimate of drug-likeness (QED) is 0.806. The van der Waals surface area contributed by atoms with Gasteiger partial charge in [-0.15, -0.1) is 0 Å². The zero-order chi connectivity index (χ0) is 13.1. The second-order valence-electron chi connectivity index (χ2n) is 3.66. The lowest BCUT2D eigenvalue weighted by molar-refractivity contribution is 0.571. The summed E-state index contributed by atoms with van der Waals surface area (Å²) in [5.74, 6) is 0.732. The minimum atomic E-state index is -3.47. The number of benzene rings is 1. The zero-order valence-electron chi connectivity index (χ0n) is 9.60. The van der Waals surface area contributed by atoms with Crippen LogP contribution < -0.4 is 10.5 Å². The molecular formula is C10H15BrN2O2S2. The van der Waals surface area contributed by atoms with Crippen LogP contribution in [0.5, 0.6) is 0 Å². The van der Waals surface area contributed by atoms with Crippen LogP contribution in [0.25, 0.3) is 0 Å². The van der Waals surface area contributed by atoms with Crippen molar-refractivity contribution in [2.75, 3.05) is 17.7 Å². The summed E-state index contributed by atoms with van der Waals surface area (Å²) in [6.07, 6.45) is 1.94. The lowest BCUT2D eigenvalue weighted by atomic mass is 10.3. The third-order valence-electron chi connectivity index (χ3n) is 2.06. The fourth-order valence-corrected chi connectivity index (χ4v) is 3.78. The number of sulfonamides is 1. The molecular weight excluding hydrogens is 324 g/mol. The third kappa shape index (κ3) is 4.17. The summed E-state index contributed by atoms with van der Waals surface area (Å²) in [5.41, 5.74) is 6.13. The van der Waals surface area contributed by atoms with E-state index in [-0.39, 0.29) is 10.9 Å². The molecule has 0 bridgehead atoms. The first-order valence-corrected chi connectivity index (χ1v) is 8.60. The maximum absolute atomic E-state index is 12.0. The molecule has 1 rings (SSSR count). The molecule has 0 aliphatic heterocycles. The molecule has 1 aromatic rings. The van der Waals surface area contributed by atoms with Crippen LogP contribution in [0.15, 0.2) is 27.6 Å². The Balaban J connectivity index is 2.93. The van der Waals surface area contributed by atoms with Crippen molar-refractivity contribution in [1.29, 1.82) is 0 Å². The van der Waals surface area contributed by atoms with Crippen LogP contribution in [0.1, 0.15) is 6.92 Å². The van der Waals surface area contributed by atoms with Gasteiger partial charge in [-0.05, 0) is 47.3 Å². The largest absolute Gasteiger partial charge is 0.398 e. The molecule has 3 N–H and O–H groups in total. The van der Waals surface area contributed by atoms with Gasteiger partial charge in [0.2, 0.25) is 10.0 Å². The molecule has 4 nitrogen and oxygen atoms in total. The van der Waals surface area contributed by atoms with Crippen molar-refractivity contribution in [1.82, 2.24) is 4.72 Å². The van der Waals surface area contributed by atoms with Crippen LogP contribution in [0.4, 0.5) is 5.69 Å². The number of nitrogen functional groups attached to an aromatic ring is 1. The van der Waals surface area contributed by atoms with Crippen LogP contribution in [-0.4, -0.2) is 26.5 Å². The third-order valence-corrected chi connectivity index (χ3v) is 5.16. The average molecular weight is 339 g/mol. The van der Waals surface area contributed by atoms with E-state index >= 15 is 0 Å². The molecule has 1 unspecified atom stereocenters. The molecule has 0 radical (unpaired) electrons. The molecule has 17 heavy (non-hydrogen) atoms. The molecule has 0 spiro atoms. The van der Waals surface area contributed by atoms with Gasteiger partial charge in [-0.25, -0.2) is 13.1 Å². The summed E-state index contributed by atoms with van der Waals surface area (Å²) in [5, 5.41) is 0. The Labute approximate surface area is 115 Å². The second-order valence-corrected chi connectivity index (χ2v) is 7.14. The van der Waals surface area contributed by atoms with Crippen molar-refractivity contribution in [3.05, 3.63) is 22.7 Å². The first-order chi connectivity index (χ1) is 7.86. The Bertz CT molecular complexity index is 491. The van der Waals surface area contributed by atoms with E-state index in [2.05, 4.69) is 20.7 Å². The van der Waals surface area contributed by atoms with E-state index in [1.54, 1.807) is 17.8 Å². The van der Waals surface area contributed by atoms with Crippen LogP contribution >= 0.6 is 27.7 Å². The van der Waals surface area contributed by atoms with Crippen molar-refractivity contribution in [3.8, 4) is 0 Å². The van der Waals surface area contributed by atoms with Gasteiger partial charge in [-0.2, -0.15) is 11.8 Å². The van der Waals surface area contributed by atoms with Gasteiger partial charge < -0.3 is 5.73 Å². The van der Waals surface area contributed by atoms with Crippen LogP contribution in [0.3, 0.4) is 0 Å². The van der Waals surface area contributed by atoms with E-state index in [4.69, 9.17) is 5.73 Å². The standard InChI is InChI=1S/C10H15BrN2O2S2/c1-7(6-16-2)13-17(14,15)8-3-4-10(12)9(11)5-8/h3-5,7,13H,6,12H2,1-2H3. The molecule has 96 valence electrons. The fourth-order valence-electron chi connectivity index (χ4n) is 1.29. The van der Waals surface area contributed by atoms with Crippen LogP contribution in [0.2, 0.25) is 0 Å². The van der Waals surface area contributed by atoms with Crippen molar-refractivity contribution < 1.29 is 8.42 Å². The minimum Gasteiger partial charge on any atom is -0.398 e. The van der Waals surface area contributed by atoms with Crippen LogP contribution in [0, 0.1) is 0 Å². The molecule has 0 fully saturated rings. The highest BCUT2D eigenvalue weighted by Gasteiger charge is 2.17. The summed E-state index contributed by atoms with van der Waals surface area (Å²) < 4.78 is 27.2. The van der Waals surface area contributed by atoms with Crippen LogP contribution in [-0.2, 0) is 10.0 Å². The Morgan fingerprint density at radius 2 is 2.18 bits per heavy atom. The van der Waals surface area contributed by atoms with Gasteiger partial charge in [0.25, 0.3) is 0 Å². The predicted octanol–water partition coefficient (Wildman–Crippen LogP) is 2.06. The van der Waals surface area contributed by atoms with Gasteiger partial charge in [0, 0.05) is 22.0 Å². The van der Waals surface area contributed by atoms with Gasteiger partial charge in [0.1, 0.15) is 0 Å². The van der Waals surface area contributed by atoms with Gasteiger partial charge in [0.15, 0.2) is 0 Å². The topological polar surface area (TPSA) is 72.2 Å². The number of nitrogens with one attached hydrogen (secondary N) is 1. The number of hydrogen-bond donors (Lipinski definition) is 2. The highest BCUT2D eigenvalue weighted by molar-refractivity contribution is 9.10. The molecule has 1 atom stereocenters. The van der Waals surface area contributed by atoms with Gasteiger partial charge in [-0.1, -0.05) is 0 Å². The number of hydrogen-bond acceptors (Lipinski definition) is 4. The molecule has 0 aliphatic rings. The minimum absolute atomic E-state index is 0.105. The van der Waals surface area contributed by atoms with Crippen molar-refractivity contribution >= 4 is 43.4 Å². The summed E-state index contributed by atoms with van der Waals surface area (Å²) in [6, 6.07) is 4.46. The lowest BCUT2D eigenvalue weighted by Crippen LogP contribution is -2.34. The Morgan fingerprint density at radius 3 is 2.71 bits per heavy atom. The highest BCUT2D eigenvalue weighted by atomic mass is 79.9. The molecule has 0 aliphatic carbocycles. The fraction of sp³-hybridized carbons (Fsp3) is 0.400. The van der Waals surface area contributed by atoms with Gasteiger partial charge in [-0.3, -0.25) is 0 Å². The molecule has 0 saturated carbocycles. The lowest BCUT2D eigenvalue weighted by Gasteiger charge is -2.13. The average Bonchev–Trinajstić information content (AvgIpc) is 2.21. The van der Waals surface area contributed by atoms with E-state index in [9.17, 15) is 8.42 Å². The smallest absolute Gasteiger partial charge is 0.240 e. The van der Waals surface area contributed by atoms with Crippen molar-refractivity contribution in [3.63, 3.8) is 0 Å². The maximum atomic E-state index is 12.0. The monoisotopic (exact) mass is 338 g/mol. The van der Waals surface area contributed by atoms with Gasteiger partial charge in [0.05, 0.1) is 4.90 Å². The normalized spacial score (nSPS) is 13.6. The van der Waals surface area contributed by atoms with E-state index in [1.807, 2.05) is 13.2 Å². The summed E-state index contributed by atoms with van der Waals surface area (Å²) in [4.78, 5) is 0.214. The Hall–Kier alpha value is -0.240. The molecule has 0 amide bonds. The first kappa shape index (κ1) is 14.8. The Morgan fingerprint density at radius 1 is 1.53 bits per heavy atom. The van der Waals surface area contributed by atoms with Gasteiger partial charge >= 0.3 is 0 Å². The molecule has 0 aromatic heterocycles. The molecule has 0 saturated heterocycles. The van der Waals surface area contributed by atoms with Crippen molar-refractivity contribution in [2.24, 2.45) is 0 Å². The molecule has 0 heterocycles. The number of nitrogens with two attached hydrogens (primary N) is 1. The molecule has 1 aromatic carbocycles. The second kappa shape index (κ2) is 6.08. The van der Waals surface area contributed by atoms with E-state index in [0.29, 0.717) is 10.2 Å². The number of thioether (sulfide) groups is 1. The first-order valence-electron chi connectivity index (χ1n) is 4.93. The predicted molar refractivity (Wildman–Crippen MR) is 76.7 cm³/mol. The SMILES string of the molecule is CSCC(C)NS(=O)(=O)c1ccc(N)c(Br)c1. The molecule has 7 heteroatoms. The maximum Gasteiger partial charge on any atom is 0.240 e. The number of halogens is 1. The van der Waals surface area contributed by atoms with E-state index in [1.165, 1.54) is 12.1 Å². The van der Waals surface area contributed by atoms with Crippen molar-refractivity contribution in [2.45, 2.75) is 17.9 Å². The number of rotatable bonds is 5. The number of anilines is 1. The van der Waals surface area contributed by atoms with E-state index < -0.39 is 10.0 Å². The Kier molecular flexibility index (Phi) is 5.30. The summed E-state index contributed by atoms with van der Waals surface area (Å²) in [6.45, 7) is 1.83. The van der Waals surface area contributed by atoms with E-state index in [0.717, 1.165) is 5.75 Å². The summed E-state index contributed by atoms with van der Waals surface area (Å²) in [7, 11) is -3.47. The summed E-state index contributed by atoms with van der Waals surface area (Å²) >= 11 is 4.81. The highest BCUT2D eigenvalue weighted by Crippen LogP contribution is 2.23.